The fraction of sp³-hybridized carbons (Fsp3) is 0.318. The number of carbonyl (C=O) groups excluding carboxylic acids is 3. The second kappa shape index (κ2) is 8.77. The zero-order valence-corrected chi connectivity index (χ0v) is 16.7. The highest BCUT2D eigenvalue weighted by atomic mass is 16.5. The number of rotatable bonds is 6. The molecule has 29 heavy (non-hydrogen) atoms. The number of nitrogens with one attached hydrogen (secondary N) is 1. The lowest BCUT2D eigenvalue weighted by molar-refractivity contribution is -0.122. The Hall–Kier alpha value is -3.35. The Morgan fingerprint density at radius 3 is 2.52 bits per heavy atom. The van der Waals surface area contributed by atoms with Gasteiger partial charge in [-0.3, -0.25) is 9.59 Å². The summed E-state index contributed by atoms with van der Waals surface area (Å²) >= 11 is 0. The van der Waals surface area contributed by atoms with E-state index in [0.29, 0.717) is 22.7 Å². The number of esters is 1. The molecule has 0 radical (unpaired) electrons. The Bertz CT molecular complexity index is 925. The van der Waals surface area contributed by atoms with Crippen molar-refractivity contribution in [3.63, 3.8) is 0 Å². The molecule has 1 aliphatic rings. The Morgan fingerprint density at radius 1 is 1.10 bits per heavy atom. The van der Waals surface area contributed by atoms with E-state index in [1.807, 2.05) is 26.0 Å². The van der Waals surface area contributed by atoms with Gasteiger partial charge in [0.05, 0.1) is 36.1 Å². The van der Waals surface area contributed by atoms with Crippen molar-refractivity contribution in [3.05, 3.63) is 54.1 Å². The minimum atomic E-state index is -0.541. The van der Waals surface area contributed by atoms with E-state index in [-0.39, 0.29) is 30.9 Å². The van der Waals surface area contributed by atoms with E-state index in [4.69, 9.17) is 9.47 Å². The highest BCUT2D eigenvalue weighted by molar-refractivity contribution is 6.07. The summed E-state index contributed by atoms with van der Waals surface area (Å²) in [7, 11) is 1.29. The second-order valence-electron chi connectivity index (χ2n) is 7.07. The van der Waals surface area contributed by atoms with Crippen LogP contribution in [-0.2, 0) is 14.3 Å². The highest BCUT2D eigenvalue weighted by Crippen LogP contribution is 2.31. The van der Waals surface area contributed by atoms with Gasteiger partial charge in [-0.2, -0.15) is 0 Å². The van der Waals surface area contributed by atoms with E-state index in [9.17, 15) is 14.4 Å². The van der Waals surface area contributed by atoms with Gasteiger partial charge in [0.15, 0.2) is 0 Å². The molecule has 2 aromatic carbocycles. The van der Waals surface area contributed by atoms with Gasteiger partial charge in [-0.1, -0.05) is 24.3 Å². The summed E-state index contributed by atoms with van der Waals surface area (Å²) in [6.07, 6.45) is 0.0283. The lowest BCUT2D eigenvalue weighted by Crippen LogP contribution is -2.29. The fourth-order valence-corrected chi connectivity index (χ4v) is 3.27. The van der Waals surface area contributed by atoms with Gasteiger partial charge in [-0.15, -0.1) is 0 Å². The van der Waals surface area contributed by atoms with E-state index >= 15 is 0 Å². The largest absolute Gasteiger partial charge is 0.489 e. The van der Waals surface area contributed by atoms with Crippen LogP contribution in [0, 0.1) is 5.92 Å². The third-order valence-corrected chi connectivity index (χ3v) is 4.60. The summed E-state index contributed by atoms with van der Waals surface area (Å²) in [5.41, 5.74) is 1.30. The standard InChI is InChI=1S/C22H24N2O5/c1-14(2)29-19-11-7-5-9-17(19)23-21(26)15-12-20(25)24(13-15)18-10-6-4-8-16(18)22(27)28-3/h4-11,14-15H,12-13H2,1-3H3,(H,23,26). The number of hydrogen-bond acceptors (Lipinski definition) is 5. The molecule has 0 spiro atoms. The number of carbonyl (C=O) groups is 3. The minimum Gasteiger partial charge on any atom is -0.489 e. The first kappa shape index (κ1) is 20.4. The van der Waals surface area contributed by atoms with Gasteiger partial charge in [0, 0.05) is 13.0 Å². The van der Waals surface area contributed by atoms with Crippen molar-refractivity contribution in [2.24, 2.45) is 5.92 Å². The Balaban J connectivity index is 1.76. The third-order valence-electron chi connectivity index (χ3n) is 4.60. The molecule has 152 valence electrons. The summed E-state index contributed by atoms with van der Waals surface area (Å²) in [6.45, 7) is 4.00. The van der Waals surface area contributed by atoms with Gasteiger partial charge < -0.3 is 19.7 Å². The molecule has 1 unspecified atom stereocenters. The van der Waals surface area contributed by atoms with Crippen LogP contribution in [-0.4, -0.2) is 37.5 Å². The van der Waals surface area contributed by atoms with Crippen LogP contribution in [0.4, 0.5) is 11.4 Å². The molecule has 1 saturated heterocycles. The van der Waals surface area contributed by atoms with Crippen molar-refractivity contribution >= 4 is 29.2 Å². The topological polar surface area (TPSA) is 84.9 Å². The third kappa shape index (κ3) is 4.56. The summed E-state index contributed by atoms with van der Waals surface area (Å²) in [6, 6.07) is 13.9. The average Bonchev–Trinajstić information content (AvgIpc) is 3.10. The first-order valence-corrected chi connectivity index (χ1v) is 9.45. The quantitative estimate of drug-likeness (QED) is 0.758. The number of ether oxygens (including phenoxy) is 2. The molecule has 3 rings (SSSR count). The number of methoxy groups -OCH3 is 1. The molecule has 1 atom stereocenters. The molecular formula is C22H24N2O5. The van der Waals surface area contributed by atoms with Crippen LogP contribution in [0.25, 0.3) is 0 Å². The molecule has 2 amide bonds. The second-order valence-corrected chi connectivity index (χ2v) is 7.07. The van der Waals surface area contributed by atoms with E-state index in [1.165, 1.54) is 12.0 Å². The fourth-order valence-electron chi connectivity index (χ4n) is 3.27. The lowest BCUT2D eigenvalue weighted by atomic mass is 10.1. The highest BCUT2D eigenvalue weighted by Gasteiger charge is 2.37. The van der Waals surface area contributed by atoms with E-state index in [0.717, 1.165) is 0 Å². The lowest BCUT2D eigenvalue weighted by Gasteiger charge is -2.20. The van der Waals surface area contributed by atoms with Crippen LogP contribution >= 0.6 is 0 Å². The van der Waals surface area contributed by atoms with Crippen molar-refractivity contribution in [3.8, 4) is 5.75 Å². The zero-order valence-electron chi connectivity index (χ0n) is 16.7. The molecule has 0 aromatic heterocycles. The maximum Gasteiger partial charge on any atom is 0.339 e. The molecule has 0 saturated carbocycles. The first-order valence-electron chi connectivity index (χ1n) is 9.45. The molecule has 1 heterocycles. The van der Waals surface area contributed by atoms with E-state index < -0.39 is 11.9 Å². The van der Waals surface area contributed by atoms with Gasteiger partial charge in [0.1, 0.15) is 5.75 Å². The normalized spacial score (nSPS) is 16.1. The van der Waals surface area contributed by atoms with Gasteiger partial charge in [-0.05, 0) is 38.1 Å². The number of benzene rings is 2. The van der Waals surface area contributed by atoms with Gasteiger partial charge in [-0.25, -0.2) is 4.79 Å². The van der Waals surface area contributed by atoms with Crippen LogP contribution in [0.5, 0.6) is 5.75 Å². The molecule has 0 bridgehead atoms. The molecule has 0 aliphatic carbocycles. The summed E-state index contributed by atoms with van der Waals surface area (Å²) in [5, 5.41) is 2.86. The van der Waals surface area contributed by atoms with Crippen molar-refractivity contribution in [2.45, 2.75) is 26.4 Å². The Morgan fingerprint density at radius 2 is 1.79 bits per heavy atom. The van der Waals surface area contributed by atoms with Crippen LogP contribution in [0.2, 0.25) is 0 Å². The Kier molecular flexibility index (Phi) is 6.16. The average molecular weight is 396 g/mol. The van der Waals surface area contributed by atoms with Crippen molar-refractivity contribution in [1.82, 2.24) is 0 Å². The summed E-state index contributed by atoms with van der Waals surface area (Å²) in [5.74, 6) is -0.973. The van der Waals surface area contributed by atoms with Gasteiger partial charge >= 0.3 is 5.97 Å². The van der Waals surface area contributed by atoms with Crippen LogP contribution in [0.15, 0.2) is 48.5 Å². The number of hydrogen-bond donors (Lipinski definition) is 1. The number of amides is 2. The molecule has 1 aliphatic heterocycles. The van der Waals surface area contributed by atoms with Crippen molar-refractivity contribution < 1.29 is 23.9 Å². The van der Waals surface area contributed by atoms with Gasteiger partial charge in [0.25, 0.3) is 0 Å². The van der Waals surface area contributed by atoms with E-state index in [1.54, 1.807) is 36.4 Å². The molecule has 7 nitrogen and oxygen atoms in total. The SMILES string of the molecule is COC(=O)c1ccccc1N1CC(C(=O)Nc2ccccc2OC(C)C)CC1=O. The van der Waals surface area contributed by atoms with Crippen LogP contribution in [0.1, 0.15) is 30.6 Å². The predicted molar refractivity (Wildman–Crippen MR) is 109 cm³/mol. The zero-order chi connectivity index (χ0) is 21.0. The minimum absolute atomic E-state index is 0.0357. The predicted octanol–water partition coefficient (Wildman–Crippen LogP) is 3.25. The molecule has 1 fully saturated rings. The first-order chi connectivity index (χ1) is 13.9. The summed E-state index contributed by atoms with van der Waals surface area (Å²) in [4.78, 5) is 38.9. The van der Waals surface area contributed by atoms with Crippen molar-refractivity contribution in [2.75, 3.05) is 23.9 Å². The number of anilines is 2. The monoisotopic (exact) mass is 396 g/mol. The van der Waals surface area contributed by atoms with Crippen LogP contribution < -0.4 is 15.0 Å². The Labute approximate surface area is 169 Å². The molecule has 2 aromatic rings. The van der Waals surface area contributed by atoms with E-state index in [2.05, 4.69) is 5.32 Å². The molecular weight excluding hydrogens is 372 g/mol. The van der Waals surface area contributed by atoms with Crippen molar-refractivity contribution in [1.29, 1.82) is 0 Å². The maximum atomic E-state index is 12.8. The van der Waals surface area contributed by atoms with Gasteiger partial charge in [0.2, 0.25) is 11.8 Å². The maximum absolute atomic E-state index is 12.8. The smallest absolute Gasteiger partial charge is 0.339 e. The number of para-hydroxylation sites is 3. The van der Waals surface area contributed by atoms with Crippen LogP contribution in [0.3, 0.4) is 0 Å². The molecule has 1 N–H and O–H groups in total. The summed E-state index contributed by atoms with van der Waals surface area (Å²) < 4.78 is 10.5. The molecule has 7 heteroatoms. The number of nitrogens with zero attached hydrogens (tertiary/aromatic N) is 1.